The summed E-state index contributed by atoms with van der Waals surface area (Å²) >= 11 is 0. The number of hydrogen-bond donors (Lipinski definition) is 2. The Morgan fingerprint density at radius 3 is 2.81 bits per heavy atom. The van der Waals surface area contributed by atoms with Crippen LogP contribution in [0, 0.1) is 0 Å². The van der Waals surface area contributed by atoms with Gasteiger partial charge < -0.3 is 14.9 Å². The van der Waals surface area contributed by atoms with Crippen LogP contribution in [0.4, 0.5) is 5.69 Å². The first-order chi connectivity index (χ1) is 7.68. The van der Waals surface area contributed by atoms with Crippen molar-refractivity contribution in [3.05, 3.63) is 24.3 Å². The summed E-state index contributed by atoms with van der Waals surface area (Å²) in [5, 5.41) is 18.3. The molecule has 1 unspecified atom stereocenters. The third-order valence-corrected chi connectivity index (χ3v) is 3.30. The van der Waals surface area contributed by atoms with Crippen LogP contribution >= 0.6 is 0 Å². The van der Waals surface area contributed by atoms with E-state index in [1.807, 2.05) is 18.2 Å². The van der Waals surface area contributed by atoms with Gasteiger partial charge >= 0.3 is 7.12 Å². The molecule has 0 bridgehead atoms. The molecule has 1 atom stereocenters. The lowest BCUT2D eigenvalue weighted by molar-refractivity contribution is 0.425. The molecular weight excluding hydrogens is 201 g/mol. The minimum atomic E-state index is -1.37. The fourth-order valence-electron chi connectivity index (χ4n) is 2.35. The highest BCUT2D eigenvalue weighted by Gasteiger charge is 2.20. The third-order valence-electron chi connectivity index (χ3n) is 3.30. The molecule has 2 N–H and O–H groups in total. The molecule has 0 aromatic heterocycles. The average molecular weight is 219 g/mol. The summed E-state index contributed by atoms with van der Waals surface area (Å²) in [6.07, 6.45) is 3.72. The van der Waals surface area contributed by atoms with Gasteiger partial charge in [-0.25, -0.2) is 0 Å². The first-order valence-corrected chi connectivity index (χ1v) is 5.91. The first-order valence-electron chi connectivity index (χ1n) is 5.91. The van der Waals surface area contributed by atoms with Gasteiger partial charge in [0.25, 0.3) is 0 Å². The Morgan fingerprint density at radius 1 is 1.31 bits per heavy atom. The number of nitrogens with zero attached hydrogens (tertiary/aromatic N) is 1. The number of piperidine rings is 1. The van der Waals surface area contributed by atoms with Crippen LogP contribution in [0.2, 0.25) is 0 Å². The summed E-state index contributed by atoms with van der Waals surface area (Å²) in [4.78, 5) is 2.34. The van der Waals surface area contributed by atoms with Gasteiger partial charge in [-0.1, -0.05) is 12.1 Å². The average Bonchev–Trinajstić information content (AvgIpc) is 2.30. The van der Waals surface area contributed by atoms with E-state index in [1.165, 1.54) is 19.3 Å². The molecule has 0 saturated carbocycles. The molecule has 86 valence electrons. The normalized spacial score (nSPS) is 20.9. The number of anilines is 1. The zero-order valence-electron chi connectivity index (χ0n) is 9.63. The van der Waals surface area contributed by atoms with E-state index < -0.39 is 7.12 Å². The Labute approximate surface area is 96.9 Å². The van der Waals surface area contributed by atoms with E-state index in [2.05, 4.69) is 11.8 Å². The van der Waals surface area contributed by atoms with E-state index in [4.69, 9.17) is 10.0 Å². The molecule has 1 aliphatic rings. The van der Waals surface area contributed by atoms with Crippen LogP contribution in [0.1, 0.15) is 26.2 Å². The van der Waals surface area contributed by atoms with Crippen molar-refractivity contribution in [1.82, 2.24) is 0 Å². The van der Waals surface area contributed by atoms with Gasteiger partial charge in [0.05, 0.1) is 0 Å². The predicted octanol–water partition coefficient (Wildman–Crippen LogP) is 0.745. The zero-order chi connectivity index (χ0) is 11.5. The zero-order valence-corrected chi connectivity index (χ0v) is 9.63. The number of rotatable bonds is 2. The predicted molar refractivity (Wildman–Crippen MR) is 66.9 cm³/mol. The molecule has 4 heteroatoms. The Bertz CT molecular complexity index is 357. The van der Waals surface area contributed by atoms with Crippen molar-refractivity contribution in [2.24, 2.45) is 0 Å². The molecule has 0 amide bonds. The van der Waals surface area contributed by atoms with Gasteiger partial charge in [0.1, 0.15) is 0 Å². The summed E-state index contributed by atoms with van der Waals surface area (Å²) < 4.78 is 0. The molecule has 1 heterocycles. The Balaban J connectivity index is 2.21. The second-order valence-electron chi connectivity index (χ2n) is 4.51. The van der Waals surface area contributed by atoms with Crippen LogP contribution in [0.25, 0.3) is 0 Å². The summed E-state index contributed by atoms with van der Waals surface area (Å²) in [7, 11) is -1.37. The molecule has 1 aromatic rings. The highest BCUT2D eigenvalue weighted by Crippen LogP contribution is 2.23. The Kier molecular flexibility index (Phi) is 3.51. The van der Waals surface area contributed by atoms with Crippen LogP contribution in [-0.2, 0) is 0 Å². The minimum absolute atomic E-state index is 0.542. The Morgan fingerprint density at radius 2 is 2.12 bits per heavy atom. The quantitative estimate of drug-likeness (QED) is 0.721. The van der Waals surface area contributed by atoms with Gasteiger partial charge in [-0.15, -0.1) is 0 Å². The maximum Gasteiger partial charge on any atom is 0.488 e. The summed E-state index contributed by atoms with van der Waals surface area (Å²) in [5.41, 5.74) is 1.66. The van der Waals surface area contributed by atoms with Crippen molar-refractivity contribution in [2.75, 3.05) is 11.4 Å². The maximum atomic E-state index is 9.15. The third kappa shape index (κ3) is 2.39. The van der Waals surface area contributed by atoms with Gasteiger partial charge in [-0.3, -0.25) is 0 Å². The van der Waals surface area contributed by atoms with E-state index in [0.717, 1.165) is 12.2 Å². The van der Waals surface area contributed by atoms with E-state index in [0.29, 0.717) is 11.5 Å². The van der Waals surface area contributed by atoms with Gasteiger partial charge in [-0.2, -0.15) is 0 Å². The molecule has 1 aliphatic heterocycles. The minimum Gasteiger partial charge on any atom is -0.423 e. The van der Waals surface area contributed by atoms with Crippen molar-refractivity contribution >= 4 is 18.3 Å². The van der Waals surface area contributed by atoms with Crippen molar-refractivity contribution in [3.63, 3.8) is 0 Å². The molecule has 1 fully saturated rings. The van der Waals surface area contributed by atoms with Gasteiger partial charge in [-0.05, 0) is 43.8 Å². The van der Waals surface area contributed by atoms with Crippen LogP contribution in [0.15, 0.2) is 24.3 Å². The lowest BCUT2D eigenvalue weighted by atomic mass is 9.80. The second kappa shape index (κ2) is 4.89. The molecule has 2 rings (SSSR count). The first kappa shape index (κ1) is 11.5. The second-order valence-corrected chi connectivity index (χ2v) is 4.51. The topological polar surface area (TPSA) is 43.7 Å². The van der Waals surface area contributed by atoms with Gasteiger partial charge in [0.2, 0.25) is 0 Å². The van der Waals surface area contributed by atoms with Crippen molar-refractivity contribution in [1.29, 1.82) is 0 Å². The highest BCUT2D eigenvalue weighted by molar-refractivity contribution is 6.58. The molecule has 0 aliphatic carbocycles. The summed E-state index contributed by atoms with van der Waals surface area (Å²) in [5.74, 6) is 0. The summed E-state index contributed by atoms with van der Waals surface area (Å²) in [6.45, 7) is 3.29. The van der Waals surface area contributed by atoms with Crippen molar-refractivity contribution in [3.8, 4) is 0 Å². The van der Waals surface area contributed by atoms with Crippen molar-refractivity contribution < 1.29 is 10.0 Å². The molecule has 0 radical (unpaired) electrons. The van der Waals surface area contributed by atoms with Crippen LogP contribution in [0.3, 0.4) is 0 Å². The van der Waals surface area contributed by atoms with Gasteiger partial charge in [0, 0.05) is 18.3 Å². The van der Waals surface area contributed by atoms with Crippen molar-refractivity contribution in [2.45, 2.75) is 32.2 Å². The highest BCUT2D eigenvalue weighted by atomic mass is 16.4. The number of benzene rings is 1. The van der Waals surface area contributed by atoms with Gasteiger partial charge in [0.15, 0.2) is 0 Å². The van der Waals surface area contributed by atoms with E-state index in [-0.39, 0.29) is 0 Å². The fourth-order valence-corrected chi connectivity index (χ4v) is 2.35. The maximum absolute atomic E-state index is 9.15. The monoisotopic (exact) mass is 219 g/mol. The number of hydrogen-bond acceptors (Lipinski definition) is 3. The summed E-state index contributed by atoms with van der Waals surface area (Å²) in [6, 6.07) is 8.06. The molecule has 1 aromatic carbocycles. The molecule has 1 saturated heterocycles. The standard InChI is InChI=1S/C12H18BNO2/c1-10-5-2-3-8-14(10)12-7-4-6-11(9-12)13(15)16/h4,6-7,9-10,15-16H,2-3,5,8H2,1H3. The molecular formula is C12H18BNO2. The van der Waals surface area contributed by atoms with E-state index >= 15 is 0 Å². The largest absolute Gasteiger partial charge is 0.488 e. The molecule has 16 heavy (non-hydrogen) atoms. The Hall–Kier alpha value is -0.995. The van der Waals surface area contributed by atoms with Crippen LogP contribution in [-0.4, -0.2) is 29.8 Å². The van der Waals surface area contributed by atoms with Crippen LogP contribution in [0.5, 0.6) is 0 Å². The lowest BCUT2D eigenvalue weighted by Gasteiger charge is -2.35. The van der Waals surface area contributed by atoms with E-state index in [1.54, 1.807) is 6.07 Å². The van der Waals surface area contributed by atoms with Crippen LogP contribution < -0.4 is 10.4 Å². The molecule has 0 spiro atoms. The fraction of sp³-hybridized carbons (Fsp3) is 0.500. The lowest BCUT2D eigenvalue weighted by Crippen LogP contribution is -2.38. The molecule has 3 nitrogen and oxygen atoms in total. The van der Waals surface area contributed by atoms with E-state index in [9.17, 15) is 0 Å². The smallest absolute Gasteiger partial charge is 0.423 e. The SMILES string of the molecule is CC1CCCCN1c1cccc(B(O)O)c1.